The molecule has 114 valence electrons. The average Bonchev–Trinajstić information content (AvgIpc) is 2.94. The van der Waals surface area contributed by atoms with E-state index in [1.807, 2.05) is 31.4 Å². The highest BCUT2D eigenvalue weighted by molar-refractivity contribution is 7.13. The number of nitrogens with two attached hydrogens (primary N) is 1. The number of pyridine rings is 1. The number of hydrogen-bond donors (Lipinski definition) is 1. The predicted octanol–water partition coefficient (Wildman–Crippen LogP) is 3.66. The second-order valence-electron chi connectivity index (χ2n) is 5.50. The molecule has 0 aliphatic carbocycles. The van der Waals surface area contributed by atoms with Gasteiger partial charge < -0.3 is 10.2 Å². The van der Waals surface area contributed by atoms with Crippen molar-refractivity contribution in [3.63, 3.8) is 0 Å². The highest BCUT2D eigenvalue weighted by Crippen LogP contribution is 2.30. The lowest BCUT2D eigenvalue weighted by atomic mass is 10.1. The van der Waals surface area contributed by atoms with Crippen molar-refractivity contribution in [2.24, 2.45) is 0 Å². The topological polar surface area (TPSA) is 82.0 Å². The molecule has 4 rings (SSSR count). The largest absolute Gasteiger partial charge is 0.437 e. The molecule has 1 aromatic carbocycles. The van der Waals surface area contributed by atoms with Gasteiger partial charge in [-0.05, 0) is 32.0 Å². The van der Waals surface area contributed by atoms with E-state index in [9.17, 15) is 4.79 Å². The van der Waals surface area contributed by atoms with Crippen LogP contribution in [0.15, 0.2) is 38.9 Å². The van der Waals surface area contributed by atoms with E-state index in [2.05, 4.69) is 9.97 Å². The molecule has 6 heteroatoms. The van der Waals surface area contributed by atoms with Crippen molar-refractivity contribution >= 4 is 39.2 Å². The van der Waals surface area contributed by atoms with Crippen molar-refractivity contribution in [1.29, 1.82) is 0 Å². The van der Waals surface area contributed by atoms with Gasteiger partial charge in [0.1, 0.15) is 16.4 Å². The second-order valence-corrected chi connectivity index (χ2v) is 6.36. The second kappa shape index (κ2) is 4.89. The Hall–Kier alpha value is -2.73. The van der Waals surface area contributed by atoms with Gasteiger partial charge in [0.15, 0.2) is 0 Å². The number of nitrogen functional groups attached to an aromatic ring is 1. The number of fused-ring (bicyclic) bond motifs is 2. The first kappa shape index (κ1) is 13.9. The van der Waals surface area contributed by atoms with Gasteiger partial charge in [0.25, 0.3) is 0 Å². The van der Waals surface area contributed by atoms with Crippen molar-refractivity contribution in [1.82, 2.24) is 9.97 Å². The van der Waals surface area contributed by atoms with E-state index in [0.717, 1.165) is 16.3 Å². The van der Waals surface area contributed by atoms with Gasteiger partial charge in [0.2, 0.25) is 11.1 Å². The maximum atomic E-state index is 12.8. The van der Waals surface area contributed by atoms with Crippen LogP contribution in [0.1, 0.15) is 11.3 Å². The van der Waals surface area contributed by atoms with Gasteiger partial charge in [-0.15, -0.1) is 11.3 Å². The summed E-state index contributed by atoms with van der Waals surface area (Å²) in [5.74, 6) is 0.307. The summed E-state index contributed by atoms with van der Waals surface area (Å²) in [5.41, 5.74) is 9.27. The summed E-state index contributed by atoms with van der Waals surface area (Å²) in [7, 11) is 0. The molecule has 0 radical (unpaired) electrons. The van der Waals surface area contributed by atoms with Crippen LogP contribution in [0.2, 0.25) is 0 Å². The molecule has 0 saturated carbocycles. The van der Waals surface area contributed by atoms with Crippen molar-refractivity contribution in [2.45, 2.75) is 13.8 Å². The van der Waals surface area contributed by atoms with E-state index in [-0.39, 0.29) is 11.1 Å². The molecule has 0 unspecified atom stereocenters. The van der Waals surface area contributed by atoms with Crippen molar-refractivity contribution in [2.75, 3.05) is 5.73 Å². The van der Waals surface area contributed by atoms with E-state index in [4.69, 9.17) is 10.2 Å². The number of aromatic nitrogens is 2. The SMILES string of the molecule is Cc1ccc2oc3nc(N)c(-c4nc(C)cs4)cc3c(=O)c2c1. The number of aryl methyl sites for hydroxylation is 2. The van der Waals surface area contributed by atoms with Crippen LogP contribution in [0.5, 0.6) is 0 Å². The smallest absolute Gasteiger partial charge is 0.232 e. The van der Waals surface area contributed by atoms with Gasteiger partial charge in [0, 0.05) is 11.1 Å². The molecular formula is C17H13N3O2S. The third kappa shape index (κ3) is 2.19. The lowest BCUT2D eigenvalue weighted by Crippen LogP contribution is -2.05. The third-order valence-electron chi connectivity index (χ3n) is 3.70. The number of thiazole rings is 1. The minimum absolute atomic E-state index is 0.105. The van der Waals surface area contributed by atoms with E-state index in [0.29, 0.717) is 27.7 Å². The quantitative estimate of drug-likeness (QED) is 0.541. The Morgan fingerprint density at radius 2 is 1.96 bits per heavy atom. The number of benzene rings is 1. The summed E-state index contributed by atoms with van der Waals surface area (Å²) in [6.07, 6.45) is 0. The summed E-state index contributed by atoms with van der Waals surface area (Å²) in [4.78, 5) is 21.5. The van der Waals surface area contributed by atoms with Gasteiger partial charge in [-0.25, -0.2) is 4.98 Å². The van der Waals surface area contributed by atoms with Gasteiger partial charge in [-0.2, -0.15) is 4.98 Å². The molecule has 0 bridgehead atoms. The summed E-state index contributed by atoms with van der Waals surface area (Å²) in [5, 5.41) is 3.65. The van der Waals surface area contributed by atoms with Gasteiger partial charge >= 0.3 is 0 Å². The molecule has 0 amide bonds. The maximum absolute atomic E-state index is 12.8. The Morgan fingerprint density at radius 3 is 2.70 bits per heavy atom. The molecule has 0 saturated heterocycles. The molecular weight excluding hydrogens is 310 g/mol. The number of anilines is 1. The summed E-state index contributed by atoms with van der Waals surface area (Å²) < 4.78 is 5.75. The normalized spacial score (nSPS) is 11.4. The van der Waals surface area contributed by atoms with Crippen molar-refractivity contribution in [3.8, 4) is 10.6 Å². The van der Waals surface area contributed by atoms with E-state index in [1.54, 1.807) is 12.1 Å². The highest BCUT2D eigenvalue weighted by Gasteiger charge is 2.15. The fraction of sp³-hybridized carbons (Fsp3) is 0.118. The molecule has 23 heavy (non-hydrogen) atoms. The monoisotopic (exact) mass is 323 g/mol. The number of rotatable bonds is 1. The molecule has 0 spiro atoms. The Bertz CT molecular complexity index is 1130. The van der Waals surface area contributed by atoms with Crippen LogP contribution < -0.4 is 11.2 Å². The number of nitrogens with zero attached hydrogens (tertiary/aromatic N) is 2. The Labute approximate surface area is 135 Å². The van der Waals surface area contributed by atoms with E-state index < -0.39 is 0 Å². The zero-order chi connectivity index (χ0) is 16.1. The van der Waals surface area contributed by atoms with Crippen LogP contribution in [-0.4, -0.2) is 9.97 Å². The molecule has 5 nitrogen and oxygen atoms in total. The van der Waals surface area contributed by atoms with Crippen molar-refractivity contribution < 1.29 is 4.42 Å². The predicted molar refractivity (Wildman–Crippen MR) is 92.8 cm³/mol. The zero-order valence-electron chi connectivity index (χ0n) is 12.6. The van der Waals surface area contributed by atoms with Crippen LogP contribution in [0.3, 0.4) is 0 Å². The van der Waals surface area contributed by atoms with Crippen molar-refractivity contribution in [3.05, 3.63) is 51.1 Å². The van der Waals surface area contributed by atoms with Crippen LogP contribution in [0.4, 0.5) is 5.82 Å². The summed E-state index contributed by atoms with van der Waals surface area (Å²) >= 11 is 1.47. The Morgan fingerprint density at radius 1 is 1.13 bits per heavy atom. The highest BCUT2D eigenvalue weighted by atomic mass is 32.1. The molecule has 0 aliphatic heterocycles. The Kier molecular flexibility index (Phi) is 2.96. The minimum Gasteiger partial charge on any atom is -0.437 e. The first-order chi connectivity index (χ1) is 11.0. The molecule has 3 heterocycles. The molecule has 2 N–H and O–H groups in total. The van der Waals surface area contributed by atoms with Gasteiger partial charge in [-0.1, -0.05) is 11.6 Å². The third-order valence-corrected chi connectivity index (χ3v) is 4.69. The fourth-order valence-electron chi connectivity index (χ4n) is 2.56. The first-order valence-corrected chi connectivity index (χ1v) is 7.97. The minimum atomic E-state index is -0.105. The van der Waals surface area contributed by atoms with Crippen LogP contribution >= 0.6 is 11.3 Å². The molecule has 4 aromatic rings. The van der Waals surface area contributed by atoms with E-state index >= 15 is 0 Å². The molecule has 3 aromatic heterocycles. The lowest BCUT2D eigenvalue weighted by molar-refractivity contribution is 0.645. The molecule has 0 aliphatic rings. The van der Waals surface area contributed by atoms with Crippen LogP contribution in [0.25, 0.3) is 32.6 Å². The van der Waals surface area contributed by atoms with Crippen LogP contribution in [0, 0.1) is 13.8 Å². The van der Waals surface area contributed by atoms with Crippen LogP contribution in [-0.2, 0) is 0 Å². The lowest BCUT2D eigenvalue weighted by Gasteiger charge is -2.05. The zero-order valence-corrected chi connectivity index (χ0v) is 13.4. The Balaban J connectivity index is 2.09. The summed E-state index contributed by atoms with van der Waals surface area (Å²) in [6.45, 7) is 3.85. The van der Waals surface area contributed by atoms with Gasteiger partial charge in [0.05, 0.1) is 16.3 Å². The van der Waals surface area contributed by atoms with Gasteiger partial charge in [-0.3, -0.25) is 4.79 Å². The molecule has 0 atom stereocenters. The summed E-state index contributed by atoms with van der Waals surface area (Å²) in [6, 6.07) is 7.22. The first-order valence-electron chi connectivity index (χ1n) is 7.09. The molecule has 0 fully saturated rings. The maximum Gasteiger partial charge on any atom is 0.232 e. The average molecular weight is 323 g/mol. The fourth-order valence-corrected chi connectivity index (χ4v) is 3.38. The standard InChI is InChI=1S/C17H13N3O2S/c1-8-3-4-13-10(5-8)14(21)11-6-12(15(18)20-16(11)22-13)17-19-9(2)7-23-17/h3-7H,1-2H3,(H2,18,20). The number of hydrogen-bond acceptors (Lipinski definition) is 6. The van der Waals surface area contributed by atoms with E-state index in [1.165, 1.54) is 11.3 Å².